The Kier molecular flexibility index (Phi) is 4.56. The van der Waals surface area contributed by atoms with Crippen LogP contribution in [-0.2, 0) is 4.79 Å². The molecule has 0 saturated carbocycles. The largest absolute Gasteiger partial charge is 0.487 e. The number of carbonyl (C=O) groups is 1. The number of benzene rings is 2. The van der Waals surface area contributed by atoms with Crippen molar-refractivity contribution in [2.75, 3.05) is 18.4 Å². The van der Waals surface area contributed by atoms with E-state index < -0.39 is 0 Å². The van der Waals surface area contributed by atoms with Crippen LogP contribution in [0.5, 0.6) is 5.75 Å². The molecule has 1 spiro atoms. The highest BCUT2D eigenvalue weighted by atomic mass is 16.5. The molecular weight excluding hydrogens is 364 g/mol. The Morgan fingerprint density at radius 1 is 1.14 bits per heavy atom. The normalized spacial score (nSPS) is 19.9. The summed E-state index contributed by atoms with van der Waals surface area (Å²) in [6.45, 7) is 1.85. The molecule has 1 fully saturated rings. The van der Waals surface area contributed by atoms with E-state index in [0.717, 1.165) is 48.6 Å². The van der Waals surface area contributed by atoms with Gasteiger partial charge in [-0.05, 0) is 56.3 Å². The average Bonchev–Trinajstić information content (AvgIpc) is 3.29. The van der Waals surface area contributed by atoms with Crippen LogP contribution in [0.15, 0.2) is 67.3 Å². The van der Waals surface area contributed by atoms with Crippen molar-refractivity contribution < 1.29 is 9.53 Å². The third-order valence-electron chi connectivity index (χ3n) is 5.97. The fraction of sp³-hybridized carbons (Fsp3) is 0.304. The Bertz CT molecular complexity index is 992. The molecule has 3 heterocycles. The number of anilines is 1. The second-order valence-corrected chi connectivity index (χ2v) is 7.84. The van der Waals surface area contributed by atoms with Gasteiger partial charge in [-0.1, -0.05) is 18.2 Å². The van der Waals surface area contributed by atoms with E-state index in [2.05, 4.69) is 15.6 Å². The van der Waals surface area contributed by atoms with Gasteiger partial charge in [0.15, 0.2) is 0 Å². The molecule has 1 aromatic heterocycles. The molecule has 1 saturated heterocycles. The lowest BCUT2D eigenvalue weighted by atomic mass is 9.77. The number of para-hydroxylation sites is 1. The lowest BCUT2D eigenvalue weighted by Crippen LogP contribution is -2.50. The van der Waals surface area contributed by atoms with E-state index in [9.17, 15) is 4.79 Å². The van der Waals surface area contributed by atoms with Gasteiger partial charge >= 0.3 is 0 Å². The molecule has 0 radical (unpaired) electrons. The highest BCUT2D eigenvalue weighted by Gasteiger charge is 2.44. The quantitative estimate of drug-likeness (QED) is 0.721. The lowest BCUT2D eigenvalue weighted by molar-refractivity contribution is -0.120. The van der Waals surface area contributed by atoms with Crippen molar-refractivity contribution in [1.29, 1.82) is 0 Å². The number of piperidine rings is 1. The first-order chi connectivity index (χ1) is 14.2. The number of aromatic nitrogens is 2. The topological polar surface area (TPSA) is 68.2 Å². The zero-order valence-electron chi connectivity index (χ0n) is 16.2. The molecule has 6 nitrogen and oxygen atoms in total. The Labute approximate surface area is 169 Å². The van der Waals surface area contributed by atoms with Gasteiger partial charge in [0.1, 0.15) is 11.4 Å². The lowest BCUT2D eigenvalue weighted by Gasteiger charge is -2.44. The summed E-state index contributed by atoms with van der Waals surface area (Å²) < 4.78 is 8.35. The number of ether oxygens (including phenoxy) is 1. The van der Waals surface area contributed by atoms with Crippen molar-refractivity contribution in [3.63, 3.8) is 0 Å². The van der Waals surface area contributed by atoms with Crippen LogP contribution in [0.1, 0.15) is 30.7 Å². The second kappa shape index (κ2) is 7.37. The molecule has 0 bridgehead atoms. The summed E-state index contributed by atoms with van der Waals surface area (Å²) in [6.07, 6.45) is 7.95. The molecule has 2 aliphatic heterocycles. The van der Waals surface area contributed by atoms with Crippen molar-refractivity contribution in [2.24, 2.45) is 0 Å². The van der Waals surface area contributed by atoms with Crippen LogP contribution in [0, 0.1) is 0 Å². The summed E-state index contributed by atoms with van der Waals surface area (Å²) in [5, 5.41) is 6.51. The van der Waals surface area contributed by atoms with Gasteiger partial charge in [0.25, 0.3) is 0 Å². The van der Waals surface area contributed by atoms with Gasteiger partial charge < -0.3 is 19.9 Å². The molecule has 2 aliphatic rings. The number of hydrogen-bond donors (Lipinski definition) is 2. The Balaban J connectivity index is 1.38. The maximum atomic E-state index is 13.3. The molecule has 3 aromatic rings. The SMILES string of the molecule is O=C(Nc1ccc(-n2ccnc2)cc1)C1CC2(CCNCC2)Oc2ccccc21. The third kappa shape index (κ3) is 3.51. The summed E-state index contributed by atoms with van der Waals surface area (Å²) >= 11 is 0. The van der Waals surface area contributed by atoms with Crippen LogP contribution in [-0.4, -0.2) is 34.1 Å². The molecular formula is C23H24N4O2. The summed E-state index contributed by atoms with van der Waals surface area (Å²) in [5.74, 6) is 0.650. The molecule has 5 rings (SSSR count). The van der Waals surface area contributed by atoms with E-state index in [1.807, 2.05) is 59.3 Å². The van der Waals surface area contributed by atoms with Crippen LogP contribution >= 0.6 is 0 Å². The summed E-state index contributed by atoms with van der Waals surface area (Å²) in [6, 6.07) is 15.8. The standard InChI is InChI=1S/C23H24N4O2/c28-22(26-17-5-7-18(8-6-17)27-14-13-25-16-27)20-15-23(9-11-24-12-10-23)29-21-4-2-1-3-19(20)21/h1-8,13-14,16,20,24H,9-12,15H2,(H,26,28). The molecule has 29 heavy (non-hydrogen) atoms. The fourth-order valence-electron chi connectivity index (χ4n) is 4.40. The van der Waals surface area contributed by atoms with Gasteiger partial charge in [0.2, 0.25) is 5.91 Å². The maximum Gasteiger partial charge on any atom is 0.232 e. The zero-order valence-corrected chi connectivity index (χ0v) is 16.2. The summed E-state index contributed by atoms with van der Waals surface area (Å²) in [5.41, 5.74) is 2.52. The van der Waals surface area contributed by atoms with Crippen LogP contribution in [0.4, 0.5) is 5.69 Å². The van der Waals surface area contributed by atoms with Gasteiger partial charge in [-0.15, -0.1) is 0 Å². The van der Waals surface area contributed by atoms with Gasteiger partial charge in [-0.2, -0.15) is 0 Å². The molecule has 0 aliphatic carbocycles. The van der Waals surface area contributed by atoms with Crippen LogP contribution in [0.3, 0.4) is 0 Å². The highest BCUT2D eigenvalue weighted by molar-refractivity contribution is 5.96. The number of imidazole rings is 1. The van der Waals surface area contributed by atoms with Crippen LogP contribution in [0.2, 0.25) is 0 Å². The number of fused-ring (bicyclic) bond motifs is 1. The molecule has 1 unspecified atom stereocenters. The minimum absolute atomic E-state index is 0.0223. The molecule has 1 amide bonds. The number of carbonyl (C=O) groups excluding carboxylic acids is 1. The minimum atomic E-state index is -0.257. The van der Waals surface area contributed by atoms with Gasteiger partial charge in [-0.25, -0.2) is 4.98 Å². The number of nitrogens with one attached hydrogen (secondary N) is 2. The Morgan fingerprint density at radius 3 is 2.69 bits per heavy atom. The van der Waals surface area contributed by atoms with Crippen molar-refractivity contribution in [1.82, 2.24) is 14.9 Å². The predicted molar refractivity (Wildman–Crippen MR) is 111 cm³/mol. The van der Waals surface area contributed by atoms with Crippen molar-refractivity contribution in [3.8, 4) is 11.4 Å². The Hall–Kier alpha value is -3.12. The molecule has 2 N–H and O–H groups in total. The second-order valence-electron chi connectivity index (χ2n) is 7.84. The smallest absolute Gasteiger partial charge is 0.232 e. The van der Waals surface area contributed by atoms with E-state index in [0.29, 0.717) is 6.42 Å². The third-order valence-corrected chi connectivity index (χ3v) is 5.97. The van der Waals surface area contributed by atoms with E-state index in [1.165, 1.54) is 0 Å². The number of nitrogens with zero attached hydrogens (tertiary/aromatic N) is 2. The van der Waals surface area contributed by atoms with E-state index in [1.54, 1.807) is 12.5 Å². The molecule has 1 atom stereocenters. The first-order valence-electron chi connectivity index (χ1n) is 10.1. The first-order valence-corrected chi connectivity index (χ1v) is 10.1. The van der Waals surface area contributed by atoms with Crippen molar-refractivity contribution >= 4 is 11.6 Å². The number of rotatable bonds is 3. The first kappa shape index (κ1) is 17.9. The molecule has 2 aromatic carbocycles. The van der Waals surface area contributed by atoms with Crippen LogP contribution in [0.25, 0.3) is 5.69 Å². The zero-order chi connectivity index (χ0) is 19.7. The monoisotopic (exact) mass is 388 g/mol. The molecule has 6 heteroatoms. The van der Waals surface area contributed by atoms with E-state index in [-0.39, 0.29) is 17.4 Å². The fourth-order valence-corrected chi connectivity index (χ4v) is 4.40. The van der Waals surface area contributed by atoms with Crippen molar-refractivity contribution in [3.05, 3.63) is 72.8 Å². The minimum Gasteiger partial charge on any atom is -0.487 e. The molecule has 148 valence electrons. The van der Waals surface area contributed by atoms with Gasteiger partial charge in [0.05, 0.1) is 12.2 Å². The summed E-state index contributed by atoms with van der Waals surface area (Å²) in [4.78, 5) is 17.3. The highest BCUT2D eigenvalue weighted by Crippen LogP contribution is 2.44. The van der Waals surface area contributed by atoms with Crippen LogP contribution < -0.4 is 15.4 Å². The van der Waals surface area contributed by atoms with E-state index >= 15 is 0 Å². The van der Waals surface area contributed by atoms with Crippen molar-refractivity contribution in [2.45, 2.75) is 30.8 Å². The predicted octanol–water partition coefficient (Wildman–Crippen LogP) is 3.50. The average molecular weight is 388 g/mol. The van der Waals surface area contributed by atoms with Gasteiger partial charge in [0, 0.05) is 35.8 Å². The number of amides is 1. The van der Waals surface area contributed by atoms with E-state index in [4.69, 9.17) is 4.74 Å². The number of hydrogen-bond acceptors (Lipinski definition) is 4. The van der Waals surface area contributed by atoms with Gasteiger partial charge in [-0.3, -0.25) is 4.79 Å². The Morgan fingerprint density at radius 2 is 1.93 bits per heavy atom. The maximum absolute atomic E-state index is 13.3. The summed E-state index contributed by atoms with van der Waals surface area (Å²) in [7, 11) is 0.